The molecule has 6 nitrogen and oxygen atoms in total. The molecule has 0 saturated carbocycles. The van der Waals surface area contributed by atoms with E-state index in [1.165, 1.54) is 0 Å². The van der Waals surface area contributed by atoms with Crippen molar-refractivity contribution in [2.24, 2.45) is 5.73 Å². The van der Waals surface area contributed by atoms with Crippen LogP contribution in [-0.2, 0) is 4.79 Å². The number of aryl methyl sites for hydroxylation is 1. The van der Waals surface area contributed by atoms with Crippen molar-refractivity contribution in [3.63, 3.8) is 0 Å². The maximum atomic E-state index is 11.0. The van der Waals surface area contributed by atoms with Crippen LogP contribution in [0.25, 0.3) is 0 Å². The molecule has 0 fully saturated rings. The van der Waals surface area contributed by atoms with Crippen molar-refractivity contribution in [3.05, 3.63) is 11.8 Å². The molecule has 1 aromatic rings. The summed E-state index contributed by atoms with van der Waals surface area (Å²) in [6.07, 6.45) is 1.74. The Kier molecular flexibility index (Phi) is 4.68. The lowest BCUT2D eigenvalue weighted by Gasteiger charge is -2.22. The topological polar surface area (TPSA) is 84.1 Å². The molecule has 0 saturated heterocycles. The minimum atomic E-state index is -0.366. The number of hydrogen-bond donors (Lipinski definition) is 2. The molecule has 1 amide bonds. The van der Waals surface area contributed by atoms with Crippen LogP contribution >= 0.6 is 0 Å². The van der Waals surface area contributed by atoms with Crippen molar-refractivity contribution in [2.45, 2.75) is 20.8 Å². The Balaban J connectivity index is 2.99. The van der Waals surface area contributed by atoms with E-state index in [2.05, 4.69) is 15.3 Å². The lowest BCUT2D eigenvalue weighted by Crippen LogP contribution is -2.34. The summed E-state index contributed by atoms with van der Waals surface area (Å²) in [6.45, 7) is 7.44. The molecule has 6 heteroatoms. The fraction of sp³-hybridized carbons (Fsp3) is 0.545. The molecule has 0 spiro atoms. The van der Waals surface area contributed by atoms with Gasteiger partial charge in [0.25, 0.3) is 0 Å². The van der Waals surface area contributed by atoms with Gasteiger partial charge >= 0.3 is 0 Å². The molecule has 0 atom stereocenters. The third-order valence-electron chi connectivity index (χ3n) is 2.31. The highest BCUT2D eigenvalue weighted by atomic mass is 16.1. The minimum Gasteiger partial charge on any atom is -0.368 e. The third-order valence-corrected chi connectivity index (χ3v) is 2.31. The standard InChI is InChI=1S/C11H19N5O/c1-4-13-11-14-6-8(3)10(15-11)16(5-2)7-9(12)17/h6H,4-5,7H2,1-3H3,(H2,12,17)(H,13,14,15). The molecular weight excluding hydrogens is 218 g/mol. The zero-order valence-electron chi connectivity index (χ0n) is 10.5. The Morgan fingerprint density at radius 3 is 2.76 bits per heavy atom. The quantitative estimate of drug-likeness (QED) is 0.754. The van der Waals surface area contributed by atoms with Crippen molar-refractivity contribution in [1.29, 1.82) is 0 Å². The van der Waals surface area contributed by atoms with Crippen LogP contribution in [0, 0.1) is 6.92 Å². The summed E-state index contributed by atoms with van der Waals surface area (Å²) < 4.78 is 0. The average molecular weight is 237 g/mol. The first kappa shape index (κ1) is 13.2. The largest absolute Gasteiger partial charge is 0.368 e. The molecule has 0 aliphatic carbocycles. The number of primary amides is 1. The summed E-state index contributed by atoms with van der Waals surface area (Å²) in [5.41, 5.74) is 6.14. The van der Waals surface area contributed by atoms with Crippen molar-refractivity contribution in [3.8, 4) is 0 Å². The van der Waals surface area contributed by atoms with Gasteiger partial charge in [0.15, 0.2) is 0 Å². The first-order valence-electron chi connectivity index (χ1n) is 5.69. The van der Waals surface area contributed by atoms with Gasteiger partial charge < -0.3 is 16.0 Å². The highest BCUT2D eigenvalue weighted by Gasteiger charge is 2.12. The van der Waals surface area contributed by atoms with Crippen molar-refractivity contribution in [1.82, 2.24) is 9.97 Å². The van der Waals surface area contributed by atoms with Gasteiger partial charge in [-0.05, 0) is 20.8 Å². The second kappa shape index (κ2) is 6.03. The van der Waals surface area contributed by atoms with Gasteiger partial charge in [-0.3, -0.25) is 4.79 Å². The van der Waals surface area contributed by atoms with Crippen LogP contribution in [0.5, 0.6) is 0 Å². The van der Waals surface area contributed by atoms with E-state index in [0.717, 1.165) is 17.9 Å². The van der Waals surface area contributed by atoms with Crippen molar-refractivity contribution >= 4 is 17.7 Å². The van der Waals surface area contributed by atoms with E-state index in [4.69, 9.17) is 5.73 Å². The van der Waals surface area contributed by atoms with Gasteiger partial charge in [-0.1, -0.05) is 0 Å². The van der Waals surface area contributed by atoms with Crippen LogP contribution < -0.4 is 16.0 Å². The maximum absolute atomic E-state index is 11.0. The summed E-state index contributed by atoms with van der Waals surface area (Å²) in [7, 11) is 0. The molecule has 0 aliphatic heterocycles. The fourth-order valence-corrected chi connectivity index (χ4v) is 1.52. The van der Waals surface area contributed by atoms with E-state index in [-0.39, 0.29) is 12.5 Å². The number of carbonyl (C=O) groups excluding carboxylic acids is 1. The van der Waals surface area contributed by atoms with E-state index in [1.807, 2.05) is 25.7 Å². The summed E-state index contributed by atoms with van der Waals surface area (Å²) in [5, 5.41) is 3.04. The molecule has 1 aromatic heterocycles. The smallest absolute Gasteiger partial charge is 0.236 e. The number of amides is 1. The Morgan fingerprint density at radius 1 is 1.53 bits per heavy atom. The molecule has 0 bridgehead atoms. The maximum Gasteiger partial charge on any atom is 0.236 e. The predicted molar refractivity (Wildman–Crippen MR) is 68.0 cm³/mol. The monoisotopic (exact) mass is 237 g/mol. The highest BCUT2D eigenvalue weighted by molar-refractivity contribution is 5.79. The SMILES string of the molecule is CCNc1ncc(C)c(N(CC)CC(N)=O)n1. The Bertz CT molecular complexity index is 393. The van der Waals surface area contributed by atoms with E-state index in [9.17, 15) is 4.79 Å². The summed E-state index contributed by atoms with van der Waals surface area (Å²) in [4.78, 5) is 21.4. The number of likely N-dealkylation sites (N-methyl/N-ethyl adjacent to an activating group) is 1. The number of rotatable bonds is 6. The molecule has 17 heavy (non-hydrogen) atoms. The van der Waals surface area contributed by atoms with Crippen LogP contribution in [0.15, 0.2) is 6.20 Å². The molecule has 0 aromatic carbocycles. The molecule has 94 valence electrons. The summed E-state index contributed by atoms with van der Waals surface area (Å²) in [5.74, 6) is 0.947. The van der Waals surface area contributed by atoms with Crippen LogP contribution in [-0.4, -0.2) is 35.5 Å². The zero-order valence-corrected chi connectivity index (χ0v) is 10.5. The van der Waals surface area contributed by atoms with E-state index in [0.29, 0.717) is 12.5 Å². The number of nitrogens with one attached hydrogen (secondary N) is 1. The van der Waals surface area contributed by atoms with Crippen molar-refractivity contribution < 1.29 is 4.79 Å². The Labute approximate surface area is 101 Å². The van der Waals surface area contributed by atoms with Gasteiger partial charge in [0.2, 0.25) is 11.9 Å². The number of hydrogen-bond acceptors (Lipinski definition) is 5. The van der Waals surface area contributed by atoms with Crippen LogP contribution in [0.2, 0.25) is 0 Å². The van der Waals surface area contributed by atoms with Gasteiger partial charge in [-0.2, -0.15) is 4.98 Å². The van der Waals surface area contributed by atoms with Gasteiger partial charge in [-0.25, -0.2) is 4.98 Å². The molecule has 0 unspecified atom stereocenters. The fourth-order valence-electron chi connectivity index (χ4n) is 1.52. The molecule has 0 radical (unpaired) electrons. The highest BCUT2D eigenvalue weighted by Crippen LogP contribution is 2.17. The molecule has 1 heterocycles. The van der Waals surface area contributed by atoms with Gasteiger partial charge in [0.1, 0.15) is 5.82 Å². The number of carbonyl (C=O) groups is 1. The molecule has 1 rings (SSSR count). The lowest BCUT2D eigenvalue weighted by atomic mass is 10.3. The van der Waals surface area contributed by atoms with E-state index in [1.54, 1.807) is 6.20 Å². The Morgan fingerprint density at radius 2 is 2.24 bits per heavy atom. The summed E-state index contributed by atoms with van der Waals surface area (Å²) in [6, 6.07) is 0. The van der Waals surface area contributed by atoms with Gasteiger partial charge in [0, 0.05) is 24.8 Å². The second-order valence-corrected chi connectivity index (χ2v) is 3.71. The van der Waals surface area contributed by atoms with Gasteiger partial charge in [0.05, 0.1) is 6.54 Å². The number of anilines is 2. The Hall–Kier alpha value is -1.85. The summed E-state index contributed by atoms with van der Waals surface area (Å²) >= 11 is 0. The third kappa shape index (κ3) is 3.58. The number of nitrogens with zero attached hydrogens (tertiary/aromatic N) is 3. The lowest BCUT2D eigenvalue weighted by molar-refractivity contribution is -0.116. The first-order chi connectivity index (χ1) is 8.08. The van der Waals surface area contributed by atoms with E-state index < -0.39 is 0 Å². The van der Waals surface area contributed by atoms with Crippen LogP contribution in [0.3, 0.4) is 0 Å². The minimum absolute atomic E-state index is 0.167. The second-order valence-electron chi connectivity index (χ2n) is 3.71. The molecular formula is C11H19N5O. The number of aromatic nitrogens is 2. The predicted octanol–water partition coefficient (Wildman–Crippen LogP) is 0.528. The van der Waals surface area contributed by atoms with Gasteiger partial charge in [-0.15, -0.1) is 0 Å². The normalized spacial score (nSPS) is 10.1. The van der Waals surface area contributed by atoms with Crippen molar-refractivity contribution in [2.75, 3.05) is 29.9 Å². The van der Waals surface area contributed by atoms with Crippen LogP contribution in [0.1, 0.15) is 19.4 Å². The van der Waals surface area contributed by atoms with E-state index >= 15 is 0 Å². The first-order valence-corrected chi connectivity index (χ1v) is 5.69. The zero-order chi connectivity index (χ0) is 12.8. The molecule has 3 N–H and O–H groups in total. The molecule has 0 aliphatic rings. The average Bonchev–Trinajstić information content (AvgIpc) is 2.29. The number of nitrogens with two attached hydrogens (primary N) is 1. The van der Waals surface area contributed by atoms with Crippen LogP contribution in [0.4, 0.5) is 11.8 Å².